The zero-order valence-electron chi connectivity index (χ0n) is 5.59. The number of alkyl halides is 2. The van der Waals surface area contributed by atoms with Gasteiger partial charge in [-0.1, -0.05) is 23.2 Å². The molecule has 0 radical (unpaired) electrons. The number of aromatic nitrogens is 2. The second-order valence-corrected chi connectivity index (χ2v) is 3.03. The second-order valence-electron chi connectivity index (χ2n) is 1.93. The van der Waals surface area contributed by atoms with E-state index in [4.69, 9.17) is 23.2 Å². The molecule has 56 valence electrons. The first-order valence-corrected chi connectivity index (χ1v) is 3.92. The normalized spacial score (nSPS) is 10.8. The van der Waals surface area contributed by atoms with Gasteiger partial charge in [0.15, 0.2) is 0 Å². The van der Waals surface area contributed by atoms with E-state index in [0.717, 1.165) is 12.1 Å². The maximum atomic E-state index is 5.59. The third-order valence-electron chi connectivity index (χ3n) is 1.23. The van der Waals surface area contributed by atoms with Gasteiger partial charge in [0, 0.05) is 18.3 Å². The van der Waals surface area contributed by atoms with Crippen LogP contribution in [-0.2, 0) is 6.54 Å². The van der Waals surface area contributed by atoms with Gasteiger partial charge in [0.25, 0.3) is 0 Å². The Hall–Kier alpha value is -0.210. The third-order valence-corrected chi connectivity index (χ3v) is 1.73. The summed E-state index contributed by atoms with van der Waals surface area (Å²) in [6.45, 7) is 2.86. The maximum Gasteiger partial charge on any atom is 0.135 e. The summed E-state index contributed by atoms with van der Waals surface area (Å²) in [5, 5.41) is 4.00. The lowest BCUT2D eigenvalue weighted by Gasteiger charge is -1.92. The van der Waals surface area contributed by atoms with E-state index in [1.807, 2.05) is 13.1 Å². The summed E-state index contributed by atoms with van der Waals surface area (Å²) in [5.74, 6) is 0. The number of rotatable bonds is 2. The molecule has 0 aliphatic rings. The van der Waals surface area contributed by atoms with Crippen LogP contribution in [0.4, 0.5) is 0 Å². The third kappa shape index (κ3) is 1.64. The highest BCUT2D eigenvalue weighted by molar-refractivity contribution is 6.44. The Balaban J connectivity index is 2.78. The van der Waals surface area contributed by atoms with Gasteiger partial charge in [-0.2, -0.15) is 5.10 Å². The van der Waals surface area contributed by atoms with Crippen molar-refractivity contribution < 1.29 is 0 Å². The predicted molar refractivity (Wildman–Crippen MR) is 42.3 cm³/mol. The number of hydrogen-bond acceptors (Lipinski definition) is 1. The van der Waals surface area contributed by atoms with Crippen molar-refractivity contribution in [2.75, 3.05) is 0 Å². The molecule has 0 spiro atoms. The average Bonchev–Trinajstić information content (AvgIpc) is 2.34. The molecule has 0 aliphatic heterocycles. The van der Waals surface area contributed by atoms with E-state index in [2.05, 4.69) is 5.10 Å². The largest absolute Gasteiger partial charge is 0.273 e. The van der Waals surface area contributed by atoms with Crippen LogP contribution in [0.25, 0.3) is 0 Å². The minimum atomic E-state index is -0.458. The molecule has 2 nitrogen and oxygen atoms in total. The summed E-state index contributed by atoms with van der Waals surface area (Å²) in [4.78, 5) is -0.458. The van der Waals surface area contributed by atoms with Crippen molar-refractivity contribution in [1.29, 1.82) is 0 Å². The Bertz CT molecular complexity index is 207. The van der Waals surface area contributed by atoms with E-state index in [9.17, 15) is 0 Å². The van der Waals surface area contributed by atoms with E-state index >= 15 is 0 Å². The van der Waals surface area contributed by atoms with Crippen LogP contribution in [-0.4, -0.2) is 9.78 Å². The number of hydrogen-bond donors (Lipinski definition) is 0. The quantitative estimate of drug-likeness (QED) is 0.637. The molecule has 0 bridgehead atoms. The van der Waals surface area contributed by atoms with Gasteiger partial charge in [0.1, 0.15) is 4.84 Å². The van der Waals surface area contributed by atoms with Gasteiger partial charge in [0.05, 0.1) is 6.20 Å². The van der Waals surface area contributed by atoms with E-state index in [1.54, 1.807) is 10.9 Å². The Labute approximate surface area is 69.7 Å². The molecule has 1 aromatic heterocycles. The summed E-state index contributed by atoms with van der Waals surface area (Å²) in [7, 11) is 0. The van der Waals surface area contributed by atoms with Crippen LogP contribution in [0.2, 0.25) is 0 Å². The minimum Gasteiger partial charge on any atom is -0.273 e. The smallest absolute Gasteiger partial charge is 0.135 e. The first kappa shape index (κ1) is 7.89. The van der Waals surface area contributed by atoms with Gasteiger partial charge in [-0.3, -0.25) is 4.68 Å². The first-order chi connectivity index (χ1) is 4.74. The fraction of sp³-hybridized carbons (Fsp3) is 0.500. The van der Waals surface area contributed by atoms with Crippen LogP contribution in [0.15, 0.2) is 12.4 Å². The monoisotopic (exact) mass is 178 g/mol. The summed E-state index contributed by atoms with van der Waals surface area (Å²) in [5.41, 5.74) is 0.852. The lowest BCUT2D eigenvalue weighted by atomic mass is 10.4. The van der Waals surface area contributed by atoms with Crippen molar-refractivity contribution >= 4 is 23.2 Å². The number of halogens is 2. The molecule has 0 aliphatic carbocycles. The second kappa shape index (κ2) is 3.26. The minimum absolute atomic E-state index is 0.458. The molecule has 0 saturated heterocycles. The van der Waals surface area contributed by atoms with Gasteiger partial charge >= 0.3 is 0 Å². The molecule has 0 unspecified atom stereocenters. The van der Waals surface area contributed by atoms with Gasteiger partial charge in [-0.25, -0.2) is 0 Å². The highest BCUT2D eigenvalue weighted by Gasteiger charge is 2.04. The van der Waals surface area contributed by atoms with E-state index in [0.29, 0.717) is 0 Å². The predicted octanol–water partition coefficient (Wildman–Crippen LogP) is 2.38. The Kier molecular flexibility index (Phi) is 2.57. The van der Waals surface area contributed by atoms with Crippen LogP contribution in [0.3, 0.4) is 0 Å². The molecule has 1 heterocycles. The molecular formula is C6H8Cl2N2. The summed E-state index contributed by atoms with van der Waals surface area (Å²) in [6.07, 6.45) is 3.51. The van der Waals surface area contributed by atoms with Gasteiger partial charge in [-0.15, -0.1) is 0 Å². The molecule has 0 fully saturated rings. The Morgan fingerprint density at radius 3 is 2.70 bits per heavy atom. The molecule has 1 rings (SSSR count). The zero-order chi connectivity index (χ0) is 7.56. The molecule has 0 amide bonds. The zero-order valence-corrected chi connectivity index (χ0v) is 7.10. The highest BCUT2D eigenvalue weighted by Crippen LogP contribution is 2.23. The SMILES string of the molecule is CCn1cc(C(Cl)Cl)cn1. The van der Waals surface area contributed by atoms with E-state index in [1.165, 1.54) is 0 Å². The lowest BCUT2D eigenvalue weighted by molar-refractivity contribution is 0.659. The summed E-state index contributed by atoms with van der Waals surface area (Å²) < 4.78 is 1.78. The number of nitrogens with zero attached hydrogens (tertiary/aromatic N) is 2. The maximum absolute atomic E-state index is 5.59. The lowest BCUT2D eigenvalue weighted by Crippen LogP contribution is -1.92. The van der Waals surface area contributed by atoms with Crippen molar-refractivity contribution in [1.82, 2.24) is 9.78 Å². The molecule has 0 saturated carbocycles. The fourth-order valence-electron chi connectivity index (χ4n) is 0.665. The molecule has 0 N–H and O–H groups in total. The molecule has 0 atom stereocenters. The summed E-state index contributed by atoms with van der Waals surface area (Å²) >= 11 is 11.2. The van der Waals surface area contributed by atoms with Crippen molar-refractivity contribution in [3.05, 3.63) is 18.0 Å². The highest BCUT2D eigenvalue weighted by atomic mass is 35.5. The van der Waals surface area contributed by atoms with Crippen molar-refractivity contribution in [3.63, 3.8) is 0 Å². The topological polar surface area (TPSA) is 17.8 Å². The van der Waals surface area contributed by atoms with Crippen molar-refractivity contribution in [3.8, 4) is 0 Å². The molecule has 4 heteroatoms. The molecule has 10 heavy (non-hydrogen) atoms. The van der Waals surface area contributed by atoms with Crippen LogP contribution >= 0.6 is 23.2 Å². The van der Waals surface area contributed by atoms with Crippen LogP contribution in [0, 0.1) is 0 Å². The van der Waals surface area contributed by atoms with Crippen molar-refractivity contribution in [2.24, 2.45) is 0 Å². The molecule has 0 aromatic carbocycles. The molecule has 1 aromatic rings. The van der Waals surface area contributed by atoms with E-state index in [-0.39, 0.29) is 0 Å². The standard InChI is InChI=1S/C6H8Cl2N2/c1-2-10-4-5(3-9-10)6(7)8/h3-4,6H,2H2,1H3. The number of aryl methyl sites for hydroxylation is 1. The van der Waals surface area contributed by atoms with Crippen molar-refractivity contribution in [2.45, 2.75) is 18.3 Å². The average molecular weight is 179 g/mol. The Morgan fingerprint density at radius 1 is 1.70 bits per heavy atom. The van der Waals surface area contributed by atoms with Gasteiger partial charge in [0.2, 0.25) is 0 Å². The van der Waals surface area contributed by atoms with Gasteiger partial charge < -0.3 is 0 Å². The molecular weight excluding hydrogens is 171 g/mol. The van der Waals surface area contributed by atoms with E-state index < -0.39 is 4.84 Å². The van der Waals surface area contributed by atoms with Gasteiger partial charge in [-0.05, 0) is 6.92 Å². The van der Waals surface area contributed by atoms with Crippen LogP contribution in [0.1, 0.15) is 17.3 Å². The Morgan fingerprint density at radius 2 is 2.40 bits per heavy atom. The summed E-state index contributed by atoms with van der Waals surface area (Å²) in [6, 6.07) is 0. The first-order valence-electron chi connectivity index (χ1n) is 3.04. The van der Waals surface area contributed by atoms with Crippen LogP contribution < -0.4 is 0 Å². The fourth-order valence-corrected chi connectivity index (χ4v) is 0.891. The van der Waals surface area contributed by atoms with Crippen LogP contribution in [0.5, 0.6) is 0 Å².